The number of hydroxylamine groups is 1. The van der Waals surface area contributed by atoms with Gasteiger partial charge in [-0.15, -0.1) is 0 Å². The zero-order chi connectivity index (χ0) is 5.70. The minimum Gasteiger partial charge on any atom is -0.289 e. The molecule has 0 aromatic heterocycles. The quantitative estimate of drug-likeness (QED) is 0.384. The molecule has 1 amide bonds. The number of amides is 1. The second-order valence-electron chi connectivity index (χ2n) is 1.09. The van der Waals surface area contributed by atoms with E-state index in [1.807, 2.05) is 6.92 Å². The Morgan fingerprint density at radius 2 is 2.57 bits per heavy atom. The topological polar surface area (TPSA) is 49.3 Å². The minimum atomic E-state index is -0.442. The van der Waals surface area contributed by atoms with Crippen LogP contribution in [0, 0.1) is 6.42 Å². The summed E-state index contributed by atoms with van der Waals surface area (Å²) in [6.07, 6.45) is 1.99. The molecule has 0 bridgehead atoms. The summed E-state index contributed by atoms with van der Waals surface area (Å²) in [5.74, 6) is -0.442. The Bertz CT molecular complexity index is 62.7. The van der Waals surface area contributed by atoms with Gasteiger partial charge >= 0.3 is 0 Å². The predicted octanol–water partition coefficient (Wildman–Crippen LogP) is 0.106. The van der Waals surface area contributed by atoms with Crippen molar-refractivity contribution < 1.29 is 10.0 Å². The van der Waals surface area contributed by atoms with Gasteiger partial charge in [0.25, 0.3) is 0 Å². The van der Waals surface area contributed by atoms with E-state index in [0.717, 1.165) is 0 Å². The van der Waals surface area contributed by atoms with E-state index in [2.05, 4.69) is 0 Å². The van der Waals surface area contributed by atoms with Gasteiger partial charge in [-0.05, 0) is 6.42 Å². The predicted molar refractivity (Wildman–Crippen MR) is 24.5 cm³/mol. The van der Waals surface area contributed by atoms with E-state index in [-0.39, 0.29) is 0 Å². The first-order chi connectivity index (χ1) is 3.31. The molecular weight excluding hydrogens is 94.0 g/mol. The highest BCUT2D eigenvalue weighted by Crippen LogP contribution is 1.80. The van der Waals surface area contributed by atoms with Crippen LogP contribution in [0.3, 0.4) is 0 Å². The fourth-order valence-electron chi connectivity index (χ4n) is 0.231. The van der Waals surface area contributed by atoms with E-state index in [1.54, 1.807) is 0 Å². The van der Waals surface area contributed by atoms with E-state index in [9.17, 15) is 4.79 Å². The molecule has 2 N–H and O–H groups in total. The molecule has 3 nitrogen and oxygen atoms in total. The van der Waals surface area contributed by atoms with E-state index in [4.69, 9.17) is 5.21 Å². The van der Waals surface area contributed by atoms with Crippen LogP contribution in [-0.4, -0.2) is 11.1 Å². The summed E-state index contributed by atoms with van der Waals surface area (Å²) >= 11 is 0. The molecule has 0 unspecified atom stereocenters. The Hall–Kier alpha value is -0.570. The third-order valence-electron chi connectivity index (χ3n) is 0.500. The lowest BCUT2D eigenvalue weighted by molar-refractivity contribution is -0.125. The number of carbonyl (C=O) groups excluding carboxylic acids is 1. The molecule has 1 radical (unpaired) electrons. The van der Waals surface area contributed by atoms with Crippen molar-refractivity contribution in [1.82, 2.24) is 5.48 Å². The summed E-state index contributed by atoms with van der Waals surface area (Å²) in [7, 11) is 0. The maximum atomic E-state index is 10.00. The van der Waals surface area contributed by atoms with Crippen molar-refractivity contribution in [2.24, 2.45) is 0 Å². The average Bonchev–Trinajstić information content (AvgIpc) is 1.68. The lowest BCUT2D eigenvalue weighted by Gasteiger charge is -1.89. The maximum Gasteiger partial charge on any atom is 0.247 e. The Kier molecular flexibility index (Phi) is 3.32. The lowest BCUT2D eigenvalue weighted by atomic mass is 10.3. The molecule has 0 spiro atoms. The van der Waals surface area contributed by atoms with Gasteiger partial charge in [-0.25, -0.2) is 5.48 Å². The molecule has 0 aliphatic heterocycles. The van der Waals surface area contributed by atoms with E-state index in [1.165, 1.54) is 11.9 Å². The molecule has 0 fully saturated rings. The Morgan fingerprint density at radius 1 is 2.00 bits per heavy atom. The van der Waals surface area contributed by atoms with Gasteiger partial charge < -0.3 is 0 Å². The van der Waals surface area contributed by atoms with Crippen LogP contribution >= 0.6 is 0 Å². The van der Waals surface area contributed by atoms with Gasteiger partial charge in [-0.3, -0.25) is 10.0 Å². The maximum absolute atomic E-state index is 10.00. The Balaban J connectivity index is 3.00. The third kappa shape index (κ3) is 3.26. The van der Waals surface area contributed by atoms with Gasteiger partial charge in [0.1, 0.15) is 0 Å². The molecule has 41 valence electrons. The fraction of sp³-hybridized carbons (Fsp3) is 0.500. The van der Waals surface area contributed by atoms with Gasteiger partial charge in [0.15, 0.2) is 0 Å². The Morgan fingerprint density at radius 3 is 2.71 bits per heavy atom. The van der Waals surface area contributed by atoms with Gasteiger partial charge in [0.05, 0.1) is 6.42 Å². The summed E-state index contributed by atoms with van der Waals surface area (Å²) in [5.41, 5.74) is 1.47. The molecule has 0 aliphatic rings. The SMILES string of the molecule is CC[CH]C(=O)NO. The first-order valence-corrected chi connectivity index (χ1v) is 2.08. The van der Waals surface area contributed by atoms with Crippen LogP contribution in [0.25, 0.3) is 0 Å². The summed E-state index contributed by atoms with van der Waals surface area (Å²) < 4.78 is 0. The summed E-state index contributed by atoms with van der Waals surface area (Å²) in [4.78, 5) is 10.00. The van der Waals surface area contributed by atoms with Crippen molar-refractivity contribution in [2.45, 2.75) is 13.3 Å². The minimum absolute atomic E-state index is 0.442. The van der Waals surface area contributed by atoms with E-state index >= 15 is 0 Å². The monoisotopic (exact) mass is 102 g/mol. The molecule has 0 aliphatic carbocycles. The van der Waals surface area contributed by atoms with Crippen LogP contribution in [-0.2, 0) is 4.79 Å². The average molecular weight is 102 g/mol. The molecule has 0 saturated carbocycles. The molecule has 0 heterocycles. The van der Waals surface area contributed by atoms with Crippen LogP contribution in [0.5, 0.6) is 0 Å². The number of hydrogen-bond acceptors (Lipinski definition) is 2. The fourth-order valence-corrected chi connectivity index (χ4v) is 0.231. The van der Waals surface area contributed by atoms with Crippen molar-refractivity contribution >= 4 is 5.91 Å². The van der Waals surface area contributed by atoms with Crippen LogP contribution in [0.4, 0.5) is 0 Å². The van der Waals surface area contributed by atoms with Gasteiger partial charge in [-0.2, -0.15) is 0 Å². The van der Waals surface area contributed by atoms with Gasteiger partial charge in [0.2, 0.25) is 5.91 Å². The van der Waals surface area contributed by atoms with E-state index in [0.29, 0.717) is 6.42 Å². The third-order valence-corrected chi connectivity index (χ3v) is 0.500. The zero-order valence-electron chi connectivity index (χ0n) is 4.14. The standard InChI is InChI=1S/C4H8NO2/c1-2-3-4(6)5-7/h3,7H,2H2,1H3,(H,5,6). The van der Waals surface area contributed by atoms with E-state index < -0.39 is 5.91 Å². The highest BCUT2D eigenvalue weighted by atomic mass is 16.5. The Labute approximate surface area is 42.3 Å². The second kappa shape index (κ2) is 3.61. The molecule has 0 aromatic rings. The summed E-state index contributed by atoms with van der Waals surface area (Å²) in [6.45, 7) is 1.81. The normalized spacial score (nSPS) is 8.29. The molecule has 3 heteroatoms. The molecule has 0 aromatic carbocycles. The number of carbonyl (C=O) groups is 1. The van der Waals surface area contributed by atoms with Crippen molar-refractivity contribution in [3.8, 4) is 0 Å². The molecule has 7 heavy (non-hydrogen) atoms. The molecule has 0 saturated heterocycles. The highest BCUT2D eigenvalue weighted by Gasteiger charge is 1.92. The number of rotatable bonds is 2. The summed E-state index contributed by atoms with van der Waals surface area (Å²) in [5, 5.41) is 7.84. The first kappa shape index (κ1) is 6.43. The lowest BCUT2D eigenvalue weighted by Crippen LogP contribution is -2.17. The van der Waals surface area contributed by atoms with Gasteiger partial charge in [-0.1, -0.05) is 6.92 Å². The molecular formula is C4H8NO2. The van der Waals surface area contributed by atoms with Crippen LogP contribution in [0.2, 0.25) is 0 Å². The molecule has 0 atom stereocenters. The largest absolute Gasteiger partial charge is 0.289 e. The van der Waals surface area contributed by atoms with Crippen molar-refractivity contribution in [2.75, 3.05) is 0 Å². The van der Waals surface area contributed by atoms with Crippen LogP contribution < -0.4 is 5.48 Å². The van der Waals surface area contributed by atoms with Gasteiger partial charge in [0, 0.05) is 0 Å². The molecule has 0 rings (SSSR count). The number of nitrogens with one attached hydrogen (secondary N) is 1. The van der Waals surface area contributed by atoms with Crippen LogP contribution in [0.1, 0.15) is 13.3 Å². The van der Waals surface area contributed by atoms with Crippen LogP contribution in [0.15, 0.2) is 0 Å². The second-order valence-corrected chi connectivity index (χ2v) is 1.09. The van der Waals surface area contributed by atoms with Crippen molar-refractivity contribution in [3.63, 3.8) is 0 Å². The highest BCUT2D eigenvalue weighted by molar-refractivity contribution is 5.83. The van der Waals surface area contributed by atoms with Crippen molar-refractivity contribution in [3.05, 3.63) is 6.42 Å². The van der Waals surface area contributed by atoms with Crippen molar-refractivity contribution in [1.29, 1.82) is 0 Å². The zero-order valence-corrected chi connectivity index (χ0v) is 4.14. The number of hydrogen-bond donors (Lipinski definition) is 2. The summed E-state index contributed by atoms with van der Waals surface area (Å²) in [6, 6.07) is 0. The smallest absolute Gasteiger partial charge is 0.247 e. The first-order valence-electron chi connectivity index (χ1n) is 2.08.